The van der Waals surface area contributed by atoms with Crippen LogP contribution in [0.2, 0.25) is 0 Å². The predicted molar refractivity (Wildman–Crippen MR) is 121 cm³/mol. The van der Waals surface area contributed by atoms with Gasteiger partial charge in [-0.1, -0.05) is 24.8 Å². The Morgan fingerprint density at radius 1 is 1.28 bits per heavy atom. The minimum absolute atomic E-state index is 0.216. The zero-order valence-corrected chi connectivity index (χ0v) is 17.9. The topological polar surface area (TPSA) is 79.6 Å². The Labute approximate surface area is 174 Å². The van der Waals surface area contributed by atoms with Gasteiger partial charge in [0.2, 0.25) is 0 Å². The maximum Gasteiger partial charge on any atom is 0.315 e. The average Bonchev–Trinajstić information content (AvgIpc) is 3.21. The smallest absolute Gasteiger partial charge is 0.315 e. The van der Waals surface area contributed by atoms with E-state index in [9.17, 15) is 4.79 Å². The van der Waals surface area contributed by atoms with Crippen LogP contribution in [-0.2, 0) is 6.54 Å². The van der Waals surface area contributed by atoms with Crippen molar-refractivity contribution < 1.29 is 9.53 Å². The zero-order valence-electron chi connectivity index (χ0n) is 16.8. The molecule has 1 fully saturated rings. The number of anilines is 1. The number of methoxy groups -OCH3 is 1. The molecule has 6 nitrogen and oxygen atoms in total. The maximum absolute atomic E-state index is 12.2. The highest BCUT2D eigenvalue weighted by molar-refractivity contribution is 7.27. The molecule has 0 radical (unpaired) electrons. The molecule has 2 atom stereocenters. The molecule has 4 N–H and O–H groups in total. The zero-order chi connectivity index (χ0) is 20.8. The van der Waals surface area contributed by atoms with Crippen molar-refractivity contribution in [2.45, 2.75) is 25.4 Å². The molecule has 2 aromatic carbocycles. The summed E-state index contributed by atoms with van der Waals surface area (Å²) in [5.41, 5.74) is 9.51. The number of rotatable bonds is 7. The Kier molecular flexibility index (Phi) is 6.99. The number of nitrogens with zero attached hydrogens (tertiary/aromatic N) is 1. The summed E-state index contributed by atoms with van der Waals surface area (Å²) in [6.07, 6.45) is 2.14. The van der Waals surface area contributed by atoms with Crippen LogP contribution in [0, 0.1) is 0 Å². The van der Waals surface area contributed by atoms with Gasteiger partial charge in [-0.15, -0.1) is 9.24 Å². The molecule has 1 heterocycles. The van der Waals surface area contributed by atoms with E-state index in [1.165, 1.54) is 5.56 Å². The molecule has 154 valence electrons. The quantitative estimate of drug-likeness (QED) is 0.483. The minimum Gasteiger partial charge on any atom is -0.497 e. The number of nitrogens with one attached hydrogen (secondary N) is 2. The first-order valence-corrected chi connectivity index (χ1v) is 10.3. The maximum atomic E-state index is 12.2. The average molecular weight is 412 g/mol. The van der Waals surface area contributed by atoms with E-state index in [1.807, 2.05) is 30.3 Å². The van der Waals surface area contributed by atoms with Crippen LogP contribution in [0.5, 0.6) is 5.75 Å². The fraction of sp³-hybridized carbons (Fsp3) is 0.318. The molecule has 1 aliphatic heterocycles. The van der Waals surface area contributed by atoms with Gasteiger partial charge in [0.25, 0.3) is 0 Å². The molecule has 29 heavy (non-hydrogen) atoms. The Morgan fingerprint density at radius 3 is 2.76 bits per heavy atom. The minimum atomic E-state index is -0.216. The number of urea groups is 1. The summed E-state index contributed by atoms with van der Waals surface area (Å²) in [6, 6.07) is 13.6. The van der Waals surface area contributed by atoms with E-state index in [0.29, 0.717) is 18.8 Å². The van der Waals surface area contributed by atoms with Gasteiger partial charge >= 0.3 is 6.03 Å². The van der Waals surface area contributed by atoms with E-state index in [1.54, 1.807) is 7.11 Å². The molecular formula is C22H29N4O2P. The summed E-state index contributed by atoms with van der Waals surface area (Å²) in [7, 11) is 4.48. The molecule has 0 spiro atoms. The molecule has 0 saturated carbocycles. The van der Waals surface area contributed by atoms with Crippen molar-refractivity contribution >= 4 is 26.3 Å². The molecule has 7 heteroatoms. The number of likely N-dealkylation sites (tertiary alicyclic amines) is 1. The van der Waals surface area contributed by atoms with Crippen LogP contribution in [0.1, 0.15) is 30.0 Å². The van der Waals surface area contributed by atoms with Crippen molar-refractivity contribution in [3.05, 3.63) is 65.9 Å². The number of benzene rings is 2. The lowest BCUT2D eigenvalue weighted by atomic mass is 10.0. The first kappa shape index (κ1) is 21.0. The first-order valence-electron chi connectivity index (χ1n) is 9.72. The van der Waals surface area contributed by atoms with Gasteiger partial charge in [0.15, 0.2) is 0 Å². The fourth-order valence-electron chi connectivity index (χ4n) is 3.60. The number of amides is 2. The SMILES string of the molecule is C=C(CNC(=O)NCc1ccc(N)cc1)N1CCCC1c1cc(OC)ccc1P. The Morgan fingerprint density at radius 2 is 2.03 bits per heavy atom. The van der Waals surface area contributed by atoms with Crippen LogP contribution >= 0.6 is 9.24 Å². The van der Waals surface area contributed by atoms with Gasteiger partial charge in [-0.2, -0.15) is 0 Å². The summed E-state index contributed by atoms with van der Waals surface area (Å²) >= 11 is 0. The van der Waals surface area contributed by atoms with Gasteiger partial charge in [0.1, 0.15) is 5.75 Å². The first-order chi connectivity index (χ1) is 14.0. The monoisotopic (exact) mass is 412 g/mol. The normalized spacial score (nSPS) is 15.8. The summed E-state index contributed by atoms with van der Waals surface area (Å²) in [5, 5.41) is 6.92. The largest absolute Gasteiger partial charge is 0.497 e. The van der Waals surface area contributed by atoms with Crippen LogP contribution in [0.3, 0.4) is 0 Å². The van der Waals surface area contributed by atoms with Crippen LogP contribution < -0.4 is 26.4 Å². The van der Waals surface area contributed by atoms with Gasteiger partial charge in [0.05, 0.1) is 19.7 Å². The van der Waals surface area contributed by atoms with E-state index in [0.717, 1.165) is 41.7 Å². The molecule has 3 rings (SSSR count). The highest BCUT2D eigenvalue weighted by Crippen LogP contribution is 2.35. The molecule has 0 aromatic heterocycles. The molecule has 2 amide bonds. The lowest BCUT2D eigenvalue weighted by Gasteiger charge is -2.30. The van der Waals surface area contributed by atoms with Crippen LogP contribution in [0.15, 0.2) is 54.7 Å². The van der Waals surface area contributed by atoms with Crippen LogP contribution in [-0.4, -0.2) is 31.1 Å². The molecule has 0 bridgehead atoms. The third kappa shape index (κ3) is 5.42. The van der Waals surface area contributed by atoms with Crippen LogP contribution in [0.4, 0.5) is 10.5 Å². The summed E-state index contributed by atoms with van der Waals surface area (Å²) < 4.78 is 5.39. The third-order valence-electron chi connectivity index (χ3n) is 5.20. The molecule has 1 saturated heterocycles. The Balaban J connectivity index is 1.54. The number of nitrogens with two attached hydrogens (primary N) is 1. The van der Waals surface area contributed by atoms with E-state index in [-0.39, 0.29) is 12.1 Å². The van der Waals surface area contributed by atoms with E-state index < -0.39 is 0 Å². The van der Waals surface area contributed by atoms with Gasteiger partial charge in [-0.3, -0.25) is 0 Å². The molecular weight excluding hydrogens is 383 g/mol. The van der Waals surface area contributed by atoms with Crippen molar-refractivity contribution in [3.63, 3.8) is 0 Å². The summed E-state index contributed by atoms with van der Waals surface area (Å²) in [4.78, 5) is 14.4. The van der Waals surface area contributed by atoms with Crippen molar-refractivity contribution in [2.24, 2.45) is 0 Å². The Bertz CT molecular complexity index is 870. The molecule has 2 aromatic rings. The molecule has 2 unspecified atom stereocenters. The number of hydrogen-bond donors (Lipinski definition) is 3. The number of hydrogen-bond acceptors (Lipinski definition) is 4. The second-order valence-corrected chi connectivity index (χ2v) is 7.81. The lowest BCUT2D eigenvalue weighted by molar-refractivity contribution is 0.239. The summed E-state index contributed by atoms with van der Waals surface area (Å²) in [5.74, 6) is 0.851. The van der Waals surface area contributed by atoms with Gasteiger partial charge < -0.3 is 26.0 Å². The van der Waals surface area contributed by atoms with E-state index >= 15 is 0 Å². The van der Waals surface area contributed by atoms with Crippen molar-refractivity contribution in [2.75, 3.05) is 25.9 Å². The van der Waals surface area contributed by atoms with Crippen molar-refractivity contribution in [3.8, 4) is 5.75 Å². The van der Waals surface area contributed by atoms with Gasteiger partial charge in [-0.25, -0.2) is 4.79 Å². The number of carbonyl (C=O) groups excluding carboxylic acids is 1. The summed E-state index contributed by atoms with van der Waals surface area (Å²) in [6.45, 7) is 6.00. The Hall–Kier alpha value is -2.72. The molecule has 1 aliphatic rings. The highest BCUT2D eigenvalue weighted by Gasteiger charge is 2.28. The third-order valence-corrected chi connectivity index (χ3v) is 5.72. The van der Waals surface area contributed by atoms with E-state index in [2.05, 4.69) is 43.5 Å². The number of nitrogen functional groups attached to an aromatic ring is 1. The highest BCUT2D eigenvalue weighted by atomic mass is 31.0. The number of carbonyl (C=O) groups is 1. The second kappa shape index (κ2) is 9.66. The lowest BCUT2D eigenvalue weighted by Crippen LogP contribution is -2.39. The van der Waals surface area contributed by atoms with E-state index in [4.69, 9.17) is 10.5 Å². The van der Waals surface area contributed by atoms with Crippen molar-refractivity contribution in [1.82, 2.24) is 15.5 Å². The second-order valence-electron chi connectivity index (χ2n) is 7.19. The van der Waals surface area contributed by atoms with Gasteiger partial charge in [-0.05, 0) is 53.5 Å². The molecule has 0 aliphatic carbocycles. The number of ether oxygens (including phenoxy) is 1. The van der Waals surface area contributed by atoms with Crippen molar-refractivity contribution in [1.29, 1.82) is 0 Å². The standard InChI is InChI=1S/C22H29N4O2P/c1-15(13-24-22(27)25-14-16-5-7-17(23)8-6-16)26-11-3-4-20(26)19-12-18(28-2)9-10-21(19)29/h5-10,12,20H,1,3-4,11,13-14,23,29H2,2H3,(H2,24,25,27). The van der Waals surface area contributed by atoms with Gasteiger partial charge in [0, 0.05) is 24.5 Å². The predicted octanol–water partition coefficient (Wildman–Crippen LogP) is 2.93. The van der Waals surface area contributed by atoms with Crippen LogP contribution in [0.25, 0.3) is 0 Å². The fourth-order valence-corrected chi connectivity index (χ4v) is 3.97.